The van der Waals surface area contributed by atoms with Crippen LogP contribution in [0.15, 0.2) is 24.3 Å². The van der Waals surface area contributed by atoms with Crippen molar-refractivity contribution in [3.63, 3.8) is 0 Å². The summed E-state index contributed by atoms with van der Waals surface area (Å²) in [7, 11) is 0. The van der Waals surface area contributed by atoms with Gasteiger partial charge >= 0.3 is 0 Å². The maximum absolute atomic E-state index is 10.4. The Labute approximate surface area is 106 Å². The van der Waals surface area contributed by atoms with E-state index in [2.05, 4.69) is 10.6 Å². The largest absolute Gasteiger partial charge is 0.395 e. The second kappa shape index (κ2) is 8.74. The van der Waals surface area contributed by atoms with Gasteiger partial charge in [-0.05, 0) is 12.1 Å². The van der Waals surface area contributed by atoms with Crippen LogP contribution in [-0.2, 0) is 0 Å². The van der Waals surface area contributed by atoms with Gasteiger partial charge < -0.3 is 15.7 Å². The first-order chi connectivity index (χ1) is 7.74. The van der Waals surface area contributed by atoms with Crippen LogP contribution in [0.5, 0.6) is 0 Å². The van der Waals surface area contributed by atoms with Crippen molar-refractivity contribution in [3.8, 4) is 0 Å². The third-order valence-electron chi connectivity index (χ3n) is 2.00. The Morgan fingerprint density at radius 3 is 2.35 bits per heavy atom. The summed E-state index contributed by atoms with van der Waals surface area (Å²) in [6.45, 7) is 2.13. The molecule has 0 aromatic heterocycles. The predicted octanol–water partition coefficient (Wildman–Crippen LogP) is 1.01. The van der Waals surface area contributed by atoms with E-state index < -0.39 is 4.92 Å². The summed E-state index contributed by atoms with van der Waals surface area (Å²) < 4.78 is 0. The highest BCUT2D eigenvalue weighted by Crippen LogP contribution is 2.14. The highest BCUT2D eigenvalue weighted by Gasteiger charge is 2.02. The molecule has 0 unspecified atom stereocenters. The number of nitrogens with one attached hydrogen (secondary N) is 2. The number of hydrogen-bond acceptors (Lipinski definition) is 5. The number of aliphatic hydroxyl groups is 1. The zero-order chi connectivity index (χ0) is 11.8. The van der Waals surface area contributed by atoms with Crippen molar-refractivity contribution < 1.29 is 10.0 Å². The van der Waals surface area contributed by atoms with Crippen LogP contribution in [0.2, 0.25) is 0 Å². The lowest BCUT2D eigenvalue weighted by Crippen LogP contribution is -2.24. The highest BCUT2D eigenvalue weighted by atomic mass is 35.5. The molecule has 0 aliphatic carbocycles. The summed E-state index contributed by atoms with van der Waals surface area (Å²) >= 11 is 0. The van der Waals surface area contributed by atoms with Gasteiger partial charge in [-0.1, -0.05) is 0 Å². The number of rotatable bonds is 7. The van der Waals surface area contributed by atoms with Crippen LogP contribution in [0.25, 0.3) is 0 Å². The molecule has 0 spiro atoms. The lowest BCUT2D eigenvalue weighted by atomic mass is 10.3. The van der Waals surface area contributed by atoms with Gasteiger partial charge in [-0.3, -0.25) is 10.1 Å². The number of aliphatic hydroxyl groups excluding tert-OH is 1. The van der Waals surface area contributed by atoms with E-state index >= 15 is 0 Å². The van der Waals surface area contributed by atoms with Crippen molar-refractivity contribution in [2.45, 2.75) is 0 Å². The van der Waals surface area contributed by atoms with Gasteiger partial charge in [0.25, 0.3) is 5.69 Å². The number of nitro benzene ring substituents is 1. The van der Waals surface area contributed by atoms with Gasteiger partial charge in [0.2, 0.25) is 0 Å². The molecule has 1 aromatic carbocycles. The molecule has 0 aliphatic rings. The molecule has 0 heterocycles. The third kappa shape index (κ3) is 6.06. The molecule has 7 heteroatoms. The quantitative estimate of drug-likeness (QED) is 0.387. The second-order valence-electron chi connectivity index (χ2n) is 3.20. The summed E-state index contributed by atoms with van der Waals surface area (Å²) in [6.07, 6.45) is 0. The Morgan fingerprint density at radius 1 is 1.18 bits per heavy atom. The minimum atomic E-state index is -0.424. The maximum Gasteiger partial charge on any atom is 0.269 e. The molecule has 0 saturated heterocycles. The molecule has 1 aromatic rings. The lowest BCUT2D eigenvalue weighted by molar-refractivity contribution is -0.384. The van der Waals surface area contributed by atoms with E-state index in [1.807, 2.05) is 0 Å². The summed E-state index contributed by atoms with van der Waals surface area (Å²) in [4.78, 5) is 9.97. The lowest BCUT2D eigenvalue weighted by Gasteiger charge is -2.06. The van der Waals surface area contributed by atoms with E-state index in [9.17, 15) is 10.1 Å². The van der Waals surface area contributed by atoms with Crippen LogP contribution in [0.4, 0.5) is 11.4 Å². The number of benzene rings is 1. The number of hydrogen-bond donors (Lipinski definition) is 3. The first-order valence-electron chi connectivity index (χ1n) is 5.04. The van der Waals surface area contributed by atoms with Gasteiger partial charge in [0.05, 0.1) is 11.5 Å². The number of anilines is 1. The topological polar surface area (TPSA) is 87.4 Å². The van der Waals surface area contributed by atoms with Crippen molar-refractivity contribution in [3.05, 3.63) is 34.4 Å². The molecule has 0 aliphatic heterocycles. The average Bonchev–Trinajstić information content (AvgIpc) is 2.29. The van der Waals surface area contributed by atoms with Crippen LogP contribution in [0.3, 0.4) is 0 Å². The first-order valence-corrected chi connectivity index (χ1v) is 5.04. The summed E-state index contributed by atoms with van der Waals surface area (Å²) in [5.74, 6) is 0. The third-order valence-corrected chi connectivity index (χ3v) is 2.00. The minimum absolute atomic E-state index is 0. The number of nitro groups is 1. The zero-order valence-corrected chi connectivity index (χ0v) is 10.1. The summed E-state index contributed by atoms with van der Waals surface area (Å²) in [5, 5.41) is 25.0. The Bertz CT molecular complexity index is 332. The van der Waals surface area contributed by atoms with E-state index in [1.54, 1.807) is 12.1 Å². The molecule has 96 valence electrons. The van der Waals surface area contributed by atoms with E-state index in [0.717, 1.165) is 12.2 Å². The Morgan fingerprint density at radius 2 is 1.82 bits per heavy atom. The van der Waals surface area contributed by atoms with Crippen LogP contribution < -0.4 is 10.6 Å². The monoisotopic (exact) mass is 261 g/mol. The van der Waals surface area contributed by atoms with Crippen LogP contribution in [0.1, 0.15) is 0 Å². The zero-order valence-electron chi connectivity index (χ0n) is 9.26. The highest BCUT2D eigenvalue weighted by molar-refractivity contribution is 5.85. The first kappa shape index (κ1) is 15.6. The van der Waals surface area contributed by atoms with Gasteiger partial charge in [-0.25, -0.2) is 0 Å². The molecule has 17 heavy (non-hydrogen) atoms. The van der Waals surface area contributed by atoms with Gasteiger partial charge in [-0.15, -0.1) is 12.4 Å². The average molecular weight is 262 g/mol. The molecule has 0 radical (unpaired) electrons. The van der Waals surface area contributed by atoms with Gasteiger partial charge in [-0.2, -0.15) is 0 Å². The van der Waals surface area contributed by atoms with Gasteiger partial charge in [0.1, 0.15) is 0 Å². The van der Waals surface area contributed by atoms with Gasteiger partial charge in [0.15, 0.2) is 0 Å². The number of nitrogens with zero attached hydrogens (tertiary/aromatic N) is 1. The Kier molecular flexibility index (Phi) is 8.04. The van der Waals surface area contributed by atoms with Crippen molar-refractivity contribution in [2.24, 2.45) is 0 Å². The molecular weight excluding hydrogens is 246 g/mol. The standard InChI is InChI=1S/C10H15N3O3.ClH/c14-8-7-11-5-6-12-9-1-3-10(4-2-9)13(15)16;/h1-4,11-12,14H,5-8H2;1H. The minimum Gasteiger partial charge on any atom is -0.395 e. The van der Waals surface area contributed by atoms with Crippen LogP contribution in [0, 0.1) is 10.1 Å². The van der Waals surface area contributed by atoms with Crippen molar-refractivity contribution in [1.82, 2.24) is 5.32 Å². The molecule has 0 amide bonds. The predicted molar refractivity (Wildman–Crippen MR) is 68.8 cm³/mol. The van der Waals surface area contributed by atoms with E-state index in [-0.39, 0.29) is 24.7 Å². The fourth-order valence-electron chi connectivity index (χ4n) is 1.20. The molecular formula is C10H16ClN3O3. The molecule has 3 N–H and O–H groups in total. The van der Waals surface area contributed by atoms with Crippen molar-refractivity contribution in [1.29, 1.82) is 0 Å². The van der Waals surface area contributed by atoms with Crippen LogP contribution in [-0.4, -0.2) is 36.3 Å². The van der Waals surface area contributed by atoms with E-state index in [4.69, 9.17) is 5.11 Å². The molecule has 1 rings (SSSR count). The number of non-ortho nitro benzene ring substituents is 1. The van der Waals surface area contributed by atoms with E-state index in [1.165, 1.54) is 12.1 Å². The number of halogens is 1. The van der Waals surface area contributed by atoms with Crippen LogP contribution >= 0.6 is 12.4 Å². The summed E-state index contributed by atoms with van der Waals surface area (Å²) in [5.41, 5.74) is 0.931. The molecule has 0 atom stereocenters. The Hall–Kier alpha value is -1.37. The van der Waals surface area contributed by atoms with Crippen molar-refractivity contribution in [2.75, 3.05) is 31.6 Å². The molecule has 0 saturated carbocycles. The van der Waals surface area contributed by atoms with Gasteiger partial charge in [0, 0.05) is 37.5 Å². The Balaban J connectivity index is 0.00000256. The normalized spacial score (nSPS) is 9.47. The molecule has 6 nitrogen and oxygen atoms in total. The smallest absolute Gasteiger partial charge is 0.269 e. The molecule has 0 bridgehead atoms. The SMILES string of the molecule is Cl.O=[N+]([O-])c1ccc(NCCNCCO)cc1. The van der Waals surface area contributed by atoms with E-state index in [0.29, 0.717) is 13.1 Å². The second-order valence-corrected chi connectivity index (χ2v) is 3.20. The molecule has 0 fully saturated rings. The summed E-state index contributed by atoms with van der Waals surface area (Å²) in [6, 6.07) is 6.27. The van der Waals surface area contributed by atoms with Crippen molar-refractivity contribution >= 4 is 23.8 Å². The maximum atomic E-state index is 10.4. The fraction of sp³-hybridized carbons (Fsp3) is 0.400. The fourth-order valence-corrected chi connectivity index (χ4v) is 1.20.